The summed E-state index contributed by atoms with van der Waals surface area (Å²) in [5.74, 6) is 5.73. The molecule has 0 bridgehead atoms. The monoisotopic (exact) mass is 601 g/mol. The molecule has 3 heterocycles. The Kier molecular flexibility index (Phi) is 10.0. The van der Waals surface area contributed by atoms with Gasteiger partial charge >= 0.3 is 0 Å². The molecule has 2 fully saturated rings. The van der Waals surface area contributed by atoms with Gasteiger partial charge in [0.15, 0.2) is 0 Å². The smallest absolute Gasteiger partial charge is 0.147 e. The molecule has 0 amide bonds. The summed E-state index contributed by atoms with van der Waals surface area (Å²) in [5, 5.41) is 91.7. The molecule has 0 saturated carbocycles. The van der Waals surface area contributed by atoms with E-state index in [-0.39, 0.29) is 19.6 Å². The molecule has 3 aromatic rings. The first-order chi connectivity index (χ1) is 20.7. The fourth-order valence-corrected chi connectivity index (χ4v) is 6.03. The van der Waals surface area contributed by atoms with Crippen LogP contribution in [0.2, 0.25) is 0 Å². The number of hydrogen-bond donors (Lipinski definition) is 9. The van der Waals surface area contributed by atoms with Gasteiger partial charge in [0.25, 0.3) is 0 Å². The van der Waals surface area contributed by atoms with Crippen LogP contribution in [0.5, 0.6) is 0 Å². The molecular weight excluding hydrogens is 562 g/mol. The van der Waals surface area contributed by atoms with Crippen molar-refractivity contribution in [1.82, 2.24) is 4.57 Å². The van der Waals surface area contributed by atoms with Gasteiger partial charge in [-0.05, 0) is 43.0 Å². The molecule has 5 rings (SSSR count). The quantitative estimate of drug-likeness (QED) is 0.131. The van der Waals surface area contributed by atoms with Gasteiger partial charge in [0, 0.05) is 35.0 Å². The molecule has 10 atom stereocenters. The van der Waals surface area contributed by atoms with Crippen molar-refractivity contribution >= 4 is 21.8 Å². The zero-order chi connectivity index (χ0) is 30.8. The van der Waals surface area contributed by atoms with Crippen LogP contribution in [-0.4, -0.2) is 131 Å². The molecule has 2 aromatic carbocycles. The number of aryl methyl sites for hydroxylation is 1. The molecule has 1 aromatic heterocycles. The highest BCUT2D eigenvalue weighted by Crippen LogP contribution is 2.32. The standard InChI is InChI=1S/C31H39NO11/c33-11-9-24-28(38)30(40)26(36)22(42-24)7-3-16-1-5-18-19-6-2-17(14-21(19)32(10-12-34)20(18)13-16)4-8-23-27(37)31(41)29(39)25(15-35)43-23/h1-2,5-6,13-14,22-31,33-41H,3,7,9-12,15H2/t22-,23-,24-,25-,26-,27-,28-,29-,30-,31-/m1/s1. The molecule has 2 saturated heterocycles. The van der Waals surface area contributed by atoms with Gasteiger partial charge in [-0.1, -0.05) is 30.0 Å². The Morgan fingerprint density at radius 2 is 1.28 bits per heavy atom. The molecule has 0 unspecified atom stereocenters. The van der Waals surface area contributed by atoms with Crippen LogP contribution >= 0.6 is 0 Å². The molecule has 2 aliphatic rings. The fraction of sp³-hybridized carbons (Fsp3) is 0.548. The van der Waals surface area contributed by atoms with Crippen molar-refractivity contribution in [2.24, 2.45) is 0 Å². The Morgan fingerprint density at radius 3 is 1.95 bits per heavy atom. The van der Waals surface area contributed by atoms with Crippen molar-refractivity contribution in [3.05, 3.63) is 47.5 Å². The summed E-state index contributed by atoms with van der Waals surface area (Å²) in [7, 11) is 0. The van der Waals surface area contributed by atoms with Crippen LogP contribution in [-0.2, 0) is 22.4 Å². The Balaban J connectivity index is 1.39. The topological polar surface area (TPSA) is 205 Å². The third-order valence-corrected chi connectivity index (χ3v) is 8.45. The van der Waals surface area contributed by atoms with Crippen LogP contribution in [0.3, 0.4) is 0 Å². The lowest BCUT2D eigenvalue weighted by Gasteiger charge is -2.40. The maximum absolute atomic E-state index is 10.5. The minimum atomic E-state index is -1.51. The summed E-state index contributed by atoms with van der Waals surface area (Å²) in [4.78, 5) is 0. The summed E-state index contributed by atoms with van der Waals surface area (Å²) >= 11 is 0. The second-order valence-electron chi connectivity index (χ2n) is 11.2. The highest BCUT2D eigenvalue weighted by Gasteiger charge is 2.43. The molecule has 2 aliphatic heterocycles. The molecule has 12 nitrogen and oxygen atoms in total. The van der Waals surface area contributed by atoms with Gasteiger partial charge in [0.1, 0.15) is 48.8 Å². The predicted molar refractivity (Wildman–Crippen MR) is 154 cm³/mol. The molecule has 12 heteroatoms. The molecule has 0 aliphatic carbocycles. The lowest BCUT2D eigenvalue weighted by Crippen LogP contribution is -2.58. The minimum absolute atomic E-state index is 0.113. The number of aliphatic hydroxyl groups is 9. The van der Waals surface area contributed by atoms with Gasteiger partial charge in [0.05, 0.1) is 30.9 Å². The van der Waals surface area contributed by atoms with Gasteiger partial charge in [-0.2, -0.15) is 0 Å². The number of nitrogens with zero attached hydrogens (tertiary/aromatic N) is 1. The van der Waals surface area contributed by atoms with Gasteiger partial charge in [-0.25, -0.2) is 0 Å². The number of fused-ring (bicyclic) bond motifs is 3. The second-order valence-corrected chi connectivity index (χ2v) is 11.2. The Hall–Kier alpha value is -2.64. The van der Waals surface area contributed by atoms with E-state index in [2.05, 4.69) is 11.8 Å². The molecule has 9 N–H and O–H groups in total. The zero-order valence-electron chi connectivity index (χ0n) is 23.5. The zero-order valence-corrected chi connectivity index (χ0v) is 23.5. The van der Waals surface area contributed by atoms with E-state index >= 15 is 0 Å². The fourth-order valence-electron chi connectivity index (χ4n) is 6.03. The summed E-state index contributed by atoms with van der Waals surface area (Å²) in [6.07, 6.45) is -11.0. The average molecular weight is 602 g/mol. The highest BCUT2D eigenvalue weighted by atomic mass is 16.5. The third-order valence-electron chi connectivity index (χ3n) is 8.45. The molecule has 234 valence electrons. The van der Waals surface area contributed by atoms with Gasteiger partial charge < -0.3 is 60.0 Å². The number of rotatable bonds is 8. The lowest BCUT2D eigenvalue weighted by atomic mass is 9.90. The minimum Gasteiger partial charge on any atom is -0.396 e. The lowest BCUT2D eigenvalue weighted by molar-refractivity contribution is -0.225. The van der Waals surface area contributed by atoms with Gasteiger partial charge in [0.2, 0.25) is 0 Å². The van der Waals surface area contributed by atoms with Crippen molar-refractivity contribution in [2.45, 2.75) is 86.8 Å². The maximum Gasteiger partial charge on any atom is 0.147 e. The molecule has 0 spiro atoms. The van der Waals surface area contributed by atoms with Crippen LogP contribution in [0, 0.1) is 11.8 Å². The Labute approximate surface area is 248 Å². The number of hydrogen-bond acceptors (Lipinski definition) is 11. The van der Waals surface area contributed by atoms with Crippen molar-refractivity contribution < 1.29 is 55.4 Å². The summed E-state index contributed by atoms with van der Waals surface area (Å²) < 4.78 is 13.3. The van der Waals surface area contributed by atoms with Crippen LogP contribution in [0.4, 0.5) is 0 Å². The number of aromatic nitrogens is 1. The largest absolute Gasteiger partial charge is 0.396 e. The van der Waals surface area contributed by atoms with Gasteiger partial charge in [-0.3, -0.25) is 0 Å². The Morgan fingerprint density at radius 1 is 0.651 bits per heavy atom. The van der Waals surface area contributed by atoms with Crippen molar-refractivity contribution in [3.8, 4) is 11.8 Å². The van der Waals surface area contributed by atoms with E-state index in [9.17, 15) is 46.0 Å². The van der Waals surface area contributed by atoms with Crippen LogP contribution in [0.1, 0.15) is 24.0 Å². The van der Waals surface area contributed by atoms with Gasteiger partial charge in [-0.15, -0.1) is 0 Å². The van der Waals surface area contributed by atoms with E-state index in [1.54, 1.807) is 6.07 Å². The predicted octanol–water partition coefficient (Wildman–Crippen LogP) is -1.85. The number of benzene rings is 2. The first-order valence-corrected chi connectivity index (χ1v) is 14.5. The summed E-state index contributed by atoms with van der Waals surface area (Å²) in [6, 6.07) is 11.5. The van der Waals surface area contributed by atoms with E-state index in [0.29, 0.717) is 24.9 Å². The van der Waals surface area contributed by atoms with E-state index < -0.39 is 67.6 Å². The average Bonchev–Trinajstić information content (AvgIpc) is 3.31. The molecule has 0 radical (unpaired) electrons. The number of aliphatic hydroxyl groups excluding tert-OH is 9. The van der Waals surface area contributed by atoms with Crippen LogP contribution < -0.4 is 0 Å². The van der Waals surface area contributed by atoms with E-state index in [0.717, 1.165) is 27.4 Å². The first-order valence-electron chi connectivity index (χ1n) is 14.5. The highest BCUT2D eigenvalue weighted by molar-refractivity contribution is 6.08. The number of ether oxygens (including phenoxy) is 2. The summed E-state index contributed by atoms with van der Waals surface area (Å²) in [5.41, 5.74) is 3.22. The first kappa shape index (κ1) is 31.8. The van der Waals surface area contributed by atoms with Crippen molar-refractivity contribution in [1.29, 1.82) is 0 Å². The van der Waals surface area contributed by atoms with Crippen molar-refractivity contribution in [2.75, 3.05) is 19.8 Å². The summed E-state index contributed by atoms with van der Waals surface area (Å²) in [6.45, 7) is -0.560. The van der Waals surface area contributed by atoms with E-state index in [1.807, 2.05) is 34.9 Å². The third kappa shape index (κ3) is 6.30. The SMILES string of the molecule is OCC[C@H]1O[C@H](CCc2ccc3c4ccc(C#C[C@H]5O[C@H](CO)[C@@H](O)[C@H](O)[C@@H]5O)cc4n(CCO)c3c2)[C@@H](O)[C@@H](O)[C@@H]1O. The molecular formula is C31H39NO11. The van der Waals surface area contributed by atoms with Crippen LogP contribution in [0.15, 0.2) is 36.4 Å². The Bertz CT molecular complexity index is 1460. The molecule has 43 heavy (non-hydrogen) atoms. The van der Waals surface area contributed by atoms with E-state index in [4.69, 9.17) is 9.47 Å². The van der Waals surface area contributed by atoms with E-state index in [1.165, 1.54) is 0 Å². The van der Waals surface area contributed by atoms with Crippen LogP contribution in [0.25, 0.3) is 21.8 Å². The maximum atomic E-state index is 10.5. The normalized spacial score (nSPS) is 33.0. The second kappa shape index (κ2) is 13.6. The van der Waals surface area contributed by atoms with Crippen molar-refractivity contribution in [3.63, 3.8) is 0 Å².